The van der Waals surface area contributed by atoms with Gasteiger partial charge in [-0.15, -0.1) is 0 Å². The first kappa shape index (κ1) is 12.9. The van der Waals surface area contributed by atoms with E-state index in [1.807, 2.05) is 7.05 Å². The monoisotopic (exact) mass is 298 g/mol. The summed E-state index contributed by atoms with van der Waals surface area (Å²) in [5.74, 6) is 0. The third-order valence-electron chi connectivity index (χ3n) is 3.07. The molecule has 2 rings (SSSR count). The number of anilines is 1. The van der Waals surface area contributed by atoms with Gasteiger partial charge >= 0.3 is 0 Å². The number of nitrogens with one attached hydrogen (secondary N) is 1. The van der Waals surface area contributed by atoms with E-state index >= 15 is 0 Å². The van der Waals surface area contributed by atoms with Gasteiger partial charge in [-0.3, -0.25) is 0 Å². The van der Waals surface area contributed by atoms with Crippen LogP contribution in [0.2, 0.25) is 0 Å². The molecule has 4 heteroatoms. The Hall–Kier alpha value is -0.580. The van der Waals surface area contributed by atoms with Gasteiger partial charge in [0, 0.05) is 23.6 Å². The molecule has 1 atom stereocenters. The van der Waals surface area contributed by atoms with E-state index in [4.69, 9.17) is 4.74 Å². The van der Waals surface area contributed by atoms with Crippen molar-refractivity contribution in [2.24, 2.45) is 0 Å². The van der Waals surface area contributed by atoms with Crippen LogP contribution in [0.1, 0.15) is 12.5 Å². The van der Waals surface area contributed by atoms with Crippen molar-refractivity contribution in [1.82, 2.24) is 5.32 Å². The lowest BCUT2D eigenvalue weighted by Crippen LogP contribution is -2.43. The lowest BCUT2D eigenvalue weighted by atomic mass is 10.1. The Balaban J connectivity index is 2.20. The van der Waals surface area contributed by atoms with Crippen LogP contribution in [0.15, 0.2) is 22.7 Å². The highest BCUT2D eigenvalue weighted by Gasteiger charge is 2.20. The van der Waals surface area contributed by atoms with Gasteiger partial charge < -0.3 is 15.0 Å². The van der Waals surface area contributed by atoms with Gasteiger partial charge in [0.2, 0.25) is 0 Å². The van der Waals surface area contributed by atoms with Crippen molar-refractivity contribution in [3.8, 4) is 0 Å². The standard InChI is InChI=1S/C13H19BrN2O/c1-10-9-17-6-5-16(10)13-4-3-11(8-15-2)7-12(13)14/h3-4,7,10,15H,5-6,8-9H2,1-2H3. The molecule has 0 aromatic heterocycles. The molecule has 0 saturated carbocycles. The maximum absolute atomic E-state index is 5.47. The maximum Gasteiger partial charge on any atom is 0.0668 e. The third-order valence-corrected chi connectivity index (χ3v) is 3.71. The van der Waals surface area contributed by atoms with E-state index in [9.17, 15) is 0 Å². The summed E-state index contributed by atoms with van der Waals surface area (Å²) in [6.45, 7) is 5.69. The summed E-state index contributed by atoms with van der Waals surface area (Å²) in [7, 11) is 1.96. The Morgan fingerprint density at radius 3 is 3.00 bits per heavy atom. The van der Waals surface area contributed by atoms with E-state index in [0.717, 1.165) is 26.3 Å². The summed E-state index contributed by atoms with van der Waals surface area (Å²) in [5, 5.41) is 3.16. The number of morpholine rings is 1. The molecule has 0 bridgehead atoms. The number of rotatable bonds is 3. The number of ether oxygens (including phenoxy) is 1. The van der Waals surface area contributed by atoms with Gasteiger partial charge in [-0.1, -0.05) is 6.07 Å². The van der Waals surface area contributed by atoms with Gasteiger partial charge in [-0.2, -0.15) is 0 Å². The van der Waals surface area contributed by atoms with E-state index in [1.54, 1.807) is 0 Å². The molecule has 1 fully saturated rings. The summed E-state index contributed by atoms with van der Waals surface area (Å²) in [6, 6.07) is 7.00. The van der Waals surface area contributed by atoms with E-state index in [1.165, 1.54) is 15.7 Å². The van der Waals surface area contributed by atoms with Crippen LogP contribution >= 0.6 is 15.9 Å². The molecule has 1 aromatic carbocycles. The quantitative estimate of drug-likeness (QED) is 0.927. The van der Waals surface area contributed by atoms with Crippen LogP contribution in [-0.4, -0.2) is 32.8 Å². The molecule has 3 nitrogen and oxygen atoms in total. The van der Waals surface area contributed by atoms with Crippen LogP contribution in [0.5, 0.6) is 0 Å². The smallest absolute Gasteiger partial charge is 0.0668 e. The normalized spacial score (nSPS) is 20.6. The SMILES string of the molecule is CNCc1ccc(N2CCOCC2C)c(Br)c1. The van der Waals surface area contributed by atoms with Crippen LogP contribution in [0.4, 0.5) is 5.69 Å². The van der Waals surface area contributed by atoms with Crippen LogP contribution in [0.3, 0.4) is 0 Å². The molecule has 1 N–H and O–H groups in total. The second-order valence-electron chi connectivity index (χ2n) is 4.43. The molecule has 1 unspecified atom stereocenters. The largest absolute Gasteiger partial charge is 0.377 e. The summed E-state index contributed by atoms with van der Waals surface area (Å²) < 4.78 is 6.63. The molecule has 94 valence electrons. The second-order valence-corrected chi connectivity index (χ2v) is 5.29. The van der Waals surface area contributed by atoms with Crippen LogP contribution in [0.25, 0.3) is 0 Å². The lowest BCUT2D eigenvalue weighted by Gasteiger charge is -2.36. The zero-order chi connectivity index (χ0) is 12.3. The Kier molecular flexibility index (Phi) is 4.42. The molecule has 1 saturated heterocycles. The van der Waals surface area contributed by atoms with E-state index in [-0.39, 0.29) is 0 Å². The van der Waals surface area contributed by atoms with Crippen molar-refractivity contribution in [3.05, 3.63) is 28.2 Å². The van der Waals surface area contributed by atoms with Crippen molar-refractivity contribution in [3.63, 3.8) is 0 Å². The van der Waals surface area contributed by atoms with Crippen molar-refractivity contribution < 1.29 is 4.74 Å². The molecular weight excluding hydrogens is 280 g/mol. The number of hydrogen-bond donors (Lipinski definition) is 1. The average Bonchev–Trinajstić information content (AvgIpc) is 2.31. The highest BCUT2D eigenvalue weighted by atomic mass is 79.9. The minimum Gasteiger partial charge on any atom is -0.377 e. The Morgan fingerprint density at radius 1 is 1.53 bits per heavy atom. The highest BCUT2D eigenvalue weighted by molar-refractivity contribution is 9.10. The Bertz CT molecular complexity index is 384. The fourth-order valence-electron chi connectivity index (χ4n) is 2.18. The summed E-state index contributed by atoms with van der Waals surface area (Å²) in [4.78, 5) is 2.40. The van der Waals surface area contributed by atoms with E-state index < -0.39 is 0 Å². The molecule has 0 spiro atoms. The van der Waals surface area contributed by atoms with E-state index in [2.05, 4.69) is 51.3 Å². The third kappa shape index (κ3) is 3.00. The van der Waals surface area contributed by atoms with Gasteiger partial charge in [-0.05, 0) is 47.6 Å². The van der Waals surface area contributed by atoms with Crippen molar-refractivity contribution >= 4 is 21.6 Å². The van der Waals surface area contributed by atoms with Crippen LogP contribution in [-0.2, 0) is 11.3 Å². The molecule has 0 amide bonds. The van der Waals surface area contributed by atoms with Gasteiger partial charge in [0.05, 0.1) is 18.9 Å². The highest BCUT2D eigenvalue weighted by Crippen LogP contribution is 2.29. The zero-order valence-corrected chi connectivity index (χ0v) is 12.0. The molecule has 0 aliphatic carbocycles. The lowest BCUT2D eigenvalue weighted by molar-refractivity contribution is 0.0989. The van der Waals surface area contributed by atoms with Crippen molar-refractivity contribution in [2.45, 2.75) is 19.5 Å². The Labute approximate surface area is 111 Å². The number of nitrogens with zero attached hydrogens (tertiary/aromatic N) is 1. The number of benzene rings is 1. The molecule has 0 radical (unpaired) electrons. The molecule has 1 aromatic rings. The first-order valence-electron chi connectivity index (χ1n) is 6.00. The van der Waals surface area contributed by atoms with E-state index in [0.29, 0.717) is 6.04 Å². The maximum atomic E-state index is 5.47. The predicted molar refractivity (Wildman–Crippen MR) is 74.5 cm³/mol. The topological polar surface area (TPSA) is 24.5 Å². The van der Waals surface area contributed by atoms with Gasteiger partial charge in [0.1, 0.15) is 0 Å². The first-order valence-corrected chi connectivity index (χ1v) is 6.79. The van der Waals surface area contributed by atoms with Gasteiger partial charge in [0.25, 0.3) is 0 Å². The van der Waals surface area contributed by atoms with Crippen LogP contribution < -0.4 is 10.2 Å². The summed E-state index contributed by atoms with van der Waals surface area (Å²) in [6.07, 6.45) is 0. The zero-order valence-electron chi connectivity index (χ0n) is 10.4. The second kappa shape index (κ2) is 5.85. The van der Waals surface area contributed by atoms with Crippen molar-refractivity contribution in [1.29, 1.82) is 0 Å². The van der Waals surface area contributed by atoms with Gasteiger partial charge in [0.15, 0.2) is 0 Å². The molecule has 1 aliphatic heterocycles. The molecule has 1 aliphatic rings. The predicted octanol–water partition coefficient (Wildman–Crippen LogP) is 2.39. The first-order chi connectivity index (χ1) is 8.22. The number of hydrogen-bond acceptors (Lipinski definition) is 3. The Morgan fingerprint density at radius 2 is 2.35 bits per heavy atom. The molecule has 17 heavy (non-hydrogen) atoms. The summed E-state index contributed by atoms with van der Waals surface area (Å²) in [5.41, 5.74) is 2.56. The fourth-order valence-corrected chi connectivity index (χ4v) is 2.84. The summed E-state index contributed by atoms with van der Waals surface area (Å²) >= 11 is 3.67. The molecular formula is C13H19BrN2O. The van der Waals surface area contributed by atoms with Crippen LogP contribution in [0, 0.1) is 0 Å². The van der Waals surface area contributed by atoms with Crippen molar-refractivity contribution in [2.75, 3.05) is 31.7 Å². The average molecular weight is 299 g/mol. The number of halogens is 1. The molecule has 1 heterocycles. The minimum absolute atomic E-state index is 0.440. The minimum atomic E-state index is 0.440. The van der Waals surface area contributed by atoms with Gasteiger partial charge in [-0.25, -0.2) is 0 Å². The fraction of sp³-hybridized carbons (Fsp3) is 0.538.